The van der Waals surface area contributed by atoms with E-state index in [9.17, 15) is 9.59 Å². The van der Waals surface area contributed by atoms with Gasteiger partial charge in [-0.15, -0.1) is 0 Å². The minimum atomic E-state index is -0.412. The summed E-state index contributed by atoms with van der Waals surface area (Å²) in [6.45, 7) is 0. The van der Waals surface area contributed by atoms with Gasteiger partial charge in [0.05, 0.1) is 17.9 Å². The van der Waals surface area contributed by atoms with Crippen LogP contribution in [0.1, 0.15) is 16.1 Å². The molecule has 2 aromatic carbocycles. The van der Waals surface area contributed by atoms with Gasteiger partial charge in [-0.05, 0) is 23.8 Å². The molecule has 0 aliphatic heterocycles. The van der Waals surface area contributed by atoms with Gasteiger partial charge in [-0.3, -0.25) is 9.59 Å². The van der Waals surface area contributed by atoms with Crippen LogP contribution >= 0.6 is 0 Å². The fourth-order valence-corrected chi connectivity index (χ4v) is 2.28. The van der Waals surface area contributed by atoms with Gasteiger partial charge in [0.15, 0.2) is 5.69 Å². The number of hydrogen-bond donors (Lipinski definition) is 2. The molecule has 6 nitrogen and oxygen atoms in total. The number of aromatic nitrogens is 2. The van der Waals surface area contributed by atoms with Crippen LogP contribution in [0.4, 0.5) is 5.69 Å². The van der Waals surface area contributed by atoms with Crippen LogP contribution in [-0.4, -0.2) is 16.1 Å². The van der Waals surface area contributed by atoms with Crippen molar-refractivity contribution in [2.75, 3.05) is 5.32 Å². The Labute approximate surface area is 131 Å². The van der Waals surface area contributed by atoms with Gasteiger partial charge >= 0.3 is 0 Å². The normalized spacial score (nSPS) is 10.2. The molecule has 0 spiro atoms. The second-order valence-corrected chi connectivity index (χ2v) is 4.93. The summed E-state index contributed by atoms with van der Waals surface area (Å²) in [5.41, 5.74) is 1.28. The van der Waals surface area contributed by atoms with E-state index in [1.54, 1.807) is 48.5 Å². The van der Waals surface area contributed by atoms with Crippen molar-refractivity contribution >= 4 is 22.4 Å². The third-order valence-electron chi connectivity index (χ3n) is 3.41. The molecule has 2 N–H and O–H groups in total. The van der Waals surface area contributed by atoms with E-state index in [0.717, 1.165) is 5.56 Å². The average Bonchev–Trinajstić information content (AvgIpc) is 2.57. The number of H-pyrrole nitrogens is 1. The molecule has 0 aliphatic carbocycles. The molecule has 1 aromatic heterocycles. The molecule has 0 aliphatic rings. The van der Waals surface area contributed by atoms with Crippen LogP contribution in [0, 0.1) is 11.3 Å². The number of nitriles is 1. The summed E-state index contributed by atoms with van der Waals surface area (Å²) in [5, 5.41) is 18.5. The van der Waals surface area contributed by atoms with Crippen molar-refractivity contribution in [3.05, 3.63) is 70.1 Å². The maximum atomic E-state index is 12.4. The molecule has 23 heavy (non-hydrogen) atoms. The third kappa shape index (κ3) is 2.94. The minimum absolute atomic E-state index is 0.154. The fraction of sp³-hybridized carbons (Fsp3) is 0.0588. The monoisotopic (exact) mass is 304 g/mol. The van der Waals surface area contributed by atoms with Gasteiger partial charge in [-0.25, -0.2) is 5.10 Å². The number of fused-ring (bicyclic) bond motifs is 1. The highest BCUT2D eigenvalue weighted by molar-refractivity contribution is 6.11. The highest BCUT2D eigenvalue weighted by Gasteiger charge is 2.14. The van der Waals surface area contributed by atoms with Gasteiger partial charge in [0.2, 0.25) is 0 Å². The van der Waals surface area contributed by atoms with Gasteiger partial charge in [-0.2, -0.15) is 10.4 Å². The molecule has 0 fully saturated rings. The number of nitrogens with one attached hydrogen (secondary N) is 2. The van der Waals surface area contributed by atoms with E-state index < -0.39 is 5.91 Å². The second-order valence-electron chi connectivity index (χ2n) is 4.93. The average molecular weight is 304 g/mol. The molecule has 0 atom stereocenters. The molecule has 6 heteroatoms. The maximum absolute atomic E-state index is 12.4. The summed E-state index contributed by atoms with van der Waals surface area (Å²) >= 11 is 0. The number of hydrogen-bond acceptors (Lipinski definition) is 4. The van der Waals surface area contributed by atoms with E-state index in [4.69, 9.17) is 5.26 Å². The zero-order chi connectivity index (χ0) is 16.2. The molecule has 0 unspecified atom stereocenters. The van der Waals surface area contributed by atoms with Crippen LogP contribution in [0.25, 0.3) is 10.8 Å². The number of nitrogens with zero attached hydrogens (tertiary/aromatic N) is 2. The lowest BCUT2D eigenvalue weighted by molar-refractivity contribution is 0.102. The van der Waals surface area contributed by atoms with Crippen molar-refractivity contribution in [1.29, 1.82) is 5.26 Å². The first kappa shape index (κ1) is 14.5. The van der Waals surface area contributed by atoms with Crippen molar-refractivity contribution in [1.82, 2.24) is 10.2 Å². The molecule has 1 heterocycles. The van der Waals surface area contributed by atoms with E-state index in [2.05, 4.69) is 21.6 Å². The van der Waals surface area contributed by atoms with Gasteiger partial charge in [-0.1, -0.05) is 30.3 Å². The van der Waals surface area contributed by atoms with Crippen LogP contribution in [0.15, 0.2) is 53.3 Å². The van der Waals surface area contributed by atoms with Gasteiger partial charge < -0.3 is 5.32 Å². The Bertz CT molecular complexity index is 968. The second kappa shape index (κ2) is 6.12. The number of benzene rings is 2. The topological polar surface area (TPSA) is 98.6 Å². The van der Waals surface area contributed by atoms with Crippen molar-refractivity contribution in [3.63, 3.8) is 0 Å². The minimum Gasteiger partial charge on any atom is -0.321 e. The predicted octanol–water partition coefficient (Wildman–Crippen LogP) is 2.24. The SMILES string of the molecule is N#CCc1ccc(NC(=O)c2n[nH]c(=O)c3ccccc23)cc1. The van der Waals surface area contributed by atoms with E-state index in [-0.39, 0.29) is 11.3 Å². The molecule has 0 saturated carbocycles. The first-order valence-electron chi connectivity index (χ1n) is 6.93. The zero-order valence-electron chi connectivity index (χ0n) is 12.0. The molecule has 3 aromatic rings. The Kier molecular flexibility index (Phi) is 3.85. The number of anilines is 1. The van der Waals surface area contributed by atoms with Crippen molar-refractivity contribution < 1.29 is 4.79 Å². The van der Waals surface area contributed by atoms with E-state index in [1.165, 1.54) is 0 Å². The molecule has 0 radical (unpaired) electrons. The third-order valence-corrected chi connectivity index (χ3v) is 3.41. The predicted molar refractivity (Wildman–Crippen MR) is 86.1 cm³/mol. The largest absolute Gasteiger partial charge is 0.321 e. The summed E-state index contributed by atoms with van der Waals surface area (Å²) in [5.74, 6) is -0.412. The maximum Gasteiger partial charge on any atom is 0.276 e. The lowest BCUT2D eigenvalue weighted by atomic mass is 10.1. The lowest BCUT2D eigenvalue weighted by Crippen LogP contribution is -2.19. The number of carbonyl (C=O) groups is 1. The van der Waals surface area contributed by atoms with Crippen LogP contribution in [0.3, 0.4) is 0 Å². The molecule has 0 saturated heterocycles. The standard InChI is InChI=1S/C17H12N4O2/c18-10-9-11-5-7-12(8-6-11)19-17(23)15-13-3-1-2-4-14(13)16(22)21-20-15/h1-8H,9H2,(H,19,23)(H,21,22). The Morgan fingerprint density at radius 3 is 2.52 bits per heavy atom. The van der Waals surface area contributed by atoms with Crippen LogP contribution in [-0.2, 0) is 6.42 Å². The Morgan fingerprint density at radius 2 is 1.83 bits per heavy atom. The summed E-state index contributed by atoms with van der Waals surface area (Å²) < 4.78 is 0. The van der Waals surface area contributed by atoms with Gasteiger partial charge in [0.25, 0.3) is 11.5 Å². The fourth-order valence-electron chi connectivity index (χ4n) is 2.28. The van der Waals surface area contributed by atoms with E-state index in [1.807, 2.05) is 0 Å². The van der Waals surface area contributed by atoms with Crippen molar-refractivity contribution in [2.24, 2.45) is 0 Å². The molecule has 3 rings (SSSR count). The zero-order valence-corrected chi connectivity index (χ0v) is 12.0. The summed E-state index contributed by atoms with van der Waals surface area (Å²) in [7, 11) is 0. The lowest BCUT2D eigenvalue weighted by Gasteiger charge is -2.07. The molecule has 0 bridgehead atoms. The number of aromatic amines is 1. The van der Waals surface area contributed by atoms with Gasteiger partial charge in [0.1, 0.15) is 0 Å². The van der Waals surface area contributed by atoms with E-state index >= 15 is 0 Å². The molecular formula is C17H12N4O2. The van der Waals surface area contributed by atoms with Crippen LogP contribution < -0.4 is 10.9 Å². The Morgan fingerprint density at radius 1 is 1.13 bits per heavy atom. The first-order chi connectivity index (χ1) is 11.2. The molecular weight excluding hydrogens is 292 g/mol. The van der Waals surface area contributed by atoms with Crippen molar-refractivity contribution in [3.8, 4) is 6.07 Å². The summed E-state index contributed by atoms with van der Waals surface area (Å²) in [6.07, 6.45) is 0.320. The Hall–Kier alpha value is -3.46. The first-order valence-corrected chi connectivity index (χ1v) is 6.93. The number of amides is 1. The highest BCUT2D eigenvalue weighted by atomic mass is 16.2. The van der Waals surface area contributed by atoms with Gasteiger partial charge in [0, 0.05) is 11.1 Å². The molecule has 112 valence electrons. The quantitative estimate of drug-likeness (QED) is 0.775. The molecule has 1 amide bonds. The highest BCUT2D eigenvalue weighted by Crippen LogP contribution is 2.15. The van der Waals surface area contributed by atoms with E-state index in [0.29, 0.717) is 22.9 Å². The van der Waals surface area contributed by atoms with Crippen LogP contribution in [0.2, 0.25) is 0 Å². The van der Waals surface area contributed by atoms with Crippen molar-refractivity contribution in [2.45, 2.75) is 6.42 Å². The summed E-state index contributed by atoms with van der Waals surface area (Å²) in [4.78, 5) is 24.1. The summed E-state index contributed by atoms with van der Waals surface area (Å²) in [6, 6.07) is 15.9. The number of rotatable bonds is 3. The van der Waals surface area contributed by atoms with Crippen LogP contribution in [0.5, 0.6) is 0 Å². The smallest absolute Gasteiger partial charge is 0.276 e. The number of carbonyl (C=O) groups excluding carboxylic acids is 1. The Balaban J connectivity index is 1.91.